The minimum absolute atomic E-state index is 0.0311. The molecule has 0 saturated heterocycles. The zero-order valence-corrected chi connectivity index (χ0v) is 9.93. The Morgan fingerprint density at radius 1 is 1.29 bits per heavy atom. The number of carbonyl (C=O) groups is 2. The number of rotatable bonds is 6. The van der Waals surface area contributed by atoms with Gasteiger partial charge in [0.1, 0.15) is 5.75 Å². The van der Waals surface area contributed by atoms with Gasteiger partial charge in [-0.3, -0.25) is 4.79 Å². The lowest BCUT2D eigenvalue weighted by molar-refractivity contribution is -0.305. The summed E-state index contributed by atoms with van der Waals surface area (Å²) in [6.45, 7) is 3.79. The molecule has 0 aliphatic carbocycles. The minimum Gasteiger partial charge on any atom is -0.550 e. The van der Waals surface area contributed by atoms with Gasteiger partial charge in [-0.1, -0.05) is 12.1 Å². The number of Topliss-reactive ketones (excluding diaryl/α,β-unsaturated/α-hetero) is 1. The molecule has 0 N–H and O–H groups in total. The predicted octanol–water partition coefficient (Wildman–Crippen LogP) is 1.19. The van der Waals surface area contributed by atoms with Gasteiger partial charge < -0.3 is 14.6 Å². The van der Waals surface area contributed by atoms with Crippen LogP contribution in [0.2, 0.25) is 0 Å². The Kier molecular flexibility index (Phi) is 4.69. The maximum absolute atomic E-state index is 11.6. The molecule has 0 spiro atoms. The van der Waals surface area contributed by atoms with Crippen molar-refractivity contribution in [3.8, 4) is 5.75 Å². The summed E-state index contributed by atoms with van der Waals surface area (Å²) >= 11 is 0. The molecule has 0 amide bonds. The molecule has 1 aromatic carbocycles. The van der Waals surface area contributed by atoms with Gasteiger partial charge in [-0.2, -0.15) is 0 Å². The first-order valence-electron chi connectivity index (χ1n) is 5.49. The molecular formula is C13H15O4-. The second kappa shape index (κ2) is 6.03. The van der Waals surface area contributed by atoms with Crippen molar-refractivity contribution >= 4 is 11.8 Å². The number of carboxylic acid groups (broad SMARTS) is 1. The van der Waals surface area contributed by atoms with E-state index >= 15 is 0 Å². The van der Waals surface area contributed by atoms with Crippen molar-refractivity contribution in [1.82, 2.24) is 0 Å². The Labute approximate surface area is 100 Å². The first kappa shape index (κ1) is 13.2. The maximum atomic E-state index is 11.6. The largest absolute Gasteiger partial charge is 0.550 e. The molecule has 0 radical (unpaired) electrons. The summed E-state index contributed by atoms with van der Waals surface area (Å²) in [7, 11) is 0. The Morgan fingerprint density at radius 3 is 2.59 bits per heavy atom. The van der Waals surface area contributed by atoms with Crippen LogP contribution in [0.1, 0.15) is 37.0 Å². The SMILES string of the molecule is CC(C)Oc1cccc(C(=O)CCC(=O)[O-])c1. The highest BCUT2D eigenvalue weighted by molar-refractivity contribution is 5.97. The minimum atomic E-state index is -1.21. The average Bonchev–Trinajstić information content (AvgIpc) is 2.25. The summed E-state index contributed by atoms with van der Waals surface area (Å²) in [5, 5.41) is 10.3. The van der Waals surface area contributed by atoms with Gasteiger partial charge in [-0.25, -0.2) is 0 Å². The quantitative estimate of drug-likeness (QED) is 0.694. The third-order valence-electron chi connectivity index (χ3n) is 2.08. The molecule has 0 saturated carbocycles. The van der Waals surface area contributed by atoms with Gasteiger partial charge >= 0.3 is 0 Å². The van der Waals surface area contributed by atoms with Crippen LogP contribution in [0.25, 0.3) is 0 Å². The van der Waals surface area contributed by atoms with Gasteiger partial charge in [-0.15, -0.1) is 0 Å². The number of benzene rings is 1. The first-order chi connectivity index (χ1) is 7.99. The van der Waals surface area contributed by atoms with Crippen molar-refractivity contribution in [3.63, 3.8) is 0 Å². The van der Waals surface area contributed by atoms with Crippen molar-refractivity contribution in [1.29, 1.82) is 0 Å². The smallest absolute Gasteiger partial charge is 0.163 e. The van der Waals surface area contributed by atoms with Gasteiger partial charge in [-0.05, 0) is 32.4 Å². The van der Waals surface area contributed by atoms with Crippen molar-refractivity contribution < 1.29 is 19.4 Å². The topological polar surface area (TPSA) is 66.4 Å². The molecule has 0 unspecified atom stereocenters. The Morgan fingerprint density at radius 2 is 2.00 bits per heavy atom. The normalized spacial score (nSPS) is 10.3. The van der Waals surface area contributed by atoms with Gasteiger partial charge in [0.15, 0.2) is 5.78 Å². The highest BCUT2D eigenvalue weighted by Crippen LogP contribution is 2.16. The molecule has 0 bridgehead atoms. The number of carboxylic acids is 1. The third-order valence-corrected chi connectivity index (χ3v) is 2.08. The van der Waals surface area contributed by atoms with E-state index in [-0.39, 0.29) is 24.7 Å². The van der Waals surface area contributed by atoms with Crippen LogP contribution in [-0.2, 0) is 4.79 Å². The predicted molar refractivity (Wildman–Crippen MR) is 60.8 cm³/mol. The first-order valence-corrected chi connectivity index (χ1v) is 5.49. The molecule has 17 heavy (non-hydrogen) atoms. The lowest BCUT2D eigenvalue weighted by atomic mass is 10.1. The van der Waals surface area contributed by atoms with E-state index in [9.17, 15) is 14.7 Å². The van der Waals surface area contributed by atoms with Crippen LogP contribution in [0.15, 0.2) is 24.3 Å². The van der Waals surface area contributed by atoms with E-state index in [2.05, 4.69) is 0 Å². The van der Waals surface area contributed by atoms with Gasteiger partial charge in [0.2, 0.25) is 0 Å². The van der Waals surface area contributed by atoms with E-state index in [1.807, 2.05) is 13.8 Å². The molecule has 0 heterocycles. The third kappa shape index (κ3) is 4.68. The lowest BCUT2D eigenvalue weighted by Gasteiger charge is -2.10. The van der Waals surface area contributed by atoms with E-state index in [4.69, 9.17) is 4.74 Å². The van der Waals surface area contributed by atoms with Gasteiger partial charge in [0.05, 0.1) is 6.10 Å². The second-order valence-corrected chi connectivity index (χ2v) is 3.99. The molecule has 92 valence electrons. The summed E-state index contributed by atoms with van der Waals surface area (Å²) in [6.07, 6.45) is -0.273. The van der Waals surface area contributed by atoms with E-state index in [0.29, 0.717) is 11.3 Å². The fraction of sp³-hybridized carbons (Fsp3) is 0.385. The fourth-order valence-electron chi connectivity index (χ4n) is 1.37. The van der Waals surface area contributed by atoms with E-state index in [1.54, 1.807) is 24.3 Å². The molecule has 0 aliphatic heterocycles. The zero-order chi connectivity index (χ0) is 12.8. The van der Waals surface area contributed by atoms with E-state index in [0.717, 1.165) is 0 Å². The molecule has 4 nitrogen and oxygen atoms in total. The Bertz CT molecular complexity index is 410. The summed E-state index contributed by atoms with van der Waals surface area (Å²) in [4.78, 5) is 21.9. The molecule has 0 aromatic heterocycles. The average molecular weight is 235 g/mol. The van der Waals surface area contributed by atoms with Crippen molar-refractivity contribution in [2.45, 2.75) is 32.8 Å². The van der Waals surface area contributed by atoms with Crippen LogP contribution in [0.5, 0.6) is 5.75 Å². The molecular weight excluding hydrogens is 220 g/mol. The molecule has 0 atom stereocenters. The highest BCUT2D eigenvalue weighted by Gasteiger charge is 2.07. The molecule has 1 aromatic rings. The second-order valence-electron chi connectivity index (χ2n) is 3.99. The number of hydrogen-bond acceptors (Lipinski definition) is 4. The Hall–Kier alpha value is -1.84. The summed E-state index contributed by atoms with van der Waals surface area (Å²) < 4.78 is 5.45. The van der Waals surface area contributed by atoms with E-state index < -0.39 is 5.97 Å². The monoisotopic (exact) mass is 235 g/mol. The zero-order valence-electron chi connectivity index (χ0n) is 9.93. The fourth-order valence-corrected chi connectivity index (χ4v) is 1.37. The van der Waals surface area contributed by atoms with Gasteiger partial charge in [0.25, 0.3) is 0 Å². The van der Waals surface area contributed by atoms with Crippen LogP contribution in [0, 0.1) is 0 Å². The van der Waals surface area contributed by atoms with Crippen LogP contribution < -0.4 is 9.84 Å². The number of ketones is 1. The van der Waals surface area contributed by atoms with Crippen LogP contribution in [0.3, 0.4) is 0 Å². The van der Waals surface area contributed by atoms with Crippen LogP contribution in [-0.4, -0.2) is 17.9 Å². The number of hydrogen-bond donors (Lipinski definition) is 0. The highest BCUT2D eigenvalue weighted by atomic mass is 16.5. The Balaban J connectivity index is 2.70. The molecule has 0 fully saturated rings. The summed E-state index contributed by atoms with van der Waals surface area (Å²) in [5.74, 6) is -0.823. The van der Waals surface area contributed by atoms with Crippen LogP contribution in [0.4, 0.5) is 0 Å². The van der Waals surface area contributed by atoms with Crippen molar-refractivity contribution in [2.24, 2.45) is 0 Å². The van der Waals surface area contributed by atoms with E-state index in [1.165, 1.54) is 0 Å². The van der Waals surface area contributed by atoms with Crippen molar-refractivity contribution in [3.05, 3.63) is 29.8 Å². The van der Waals surface area contributed by atoms with Crippen LogP contribution >= 0.6 is 0 Å². The number of ether oxygens (including phenoxy) is 1. The maximum Gasteiger partial charge on any atom is 0.163 e. The van der Waals surface area contributed by atoms with Crippen molar-refractivity contribution in [2.75, 3.05) is 0 Å². The molecule has 4 heteroatoms. The number of carbonyl (C=O) groups excluding carboxylic acids is 2. The number of aliphatic carboxylic acids is 1. The standard InChI is InChI=1S/C13H16O4/c1-9(2)17-11-5-3-4-10(8-11)12(14)6-7-13(15)16/h3-5,8-9H,6-7H2,1-2H3,(H,15,16)/p-1. The van der Waals surface area contributed by atoms with Gasteiger partial charge in [0, 0.05) is 18.0 Å². The molecule has 0 aliphatic rings. The molecule has 1 rings (SSSR count). The summed E-state index contributed by atoms with van der Waals surface area (Å²) in [6, 6.07) is 6.74. The summed E-state index contributed by atoms with van der Waals surface area (Å²) in [5.41, 5.74) is 0.462. The lowest BCUT2D eigenvalue weighted by Crippen LogP contribution is -2.22.